The van der Waals surface area contributed by atoms with Gasteiger partial charge in [-0.05, 0) is 49.9 Å². The Morgan fingerprint density at radius 1 is 1.29 bits per heavy atom. The highest BCUT2D eigenvalue weighted by Crippen LogP contribution is 2.27. The molecule has 0 radical (unpaired) electrons. The minimum atomic E-state index is 0.00391. The SMILES string of the molecule is Cc1ncc(-n2cc(-c3cc(C(=O)NC4CC4)ccc3C)cn2)s1. The Balaban J connectivity index is 1.65. The maximum atomic E-state index is 12.3. The fourth-order valence-electron chi connectivity index (χ4n) is 2.61. The van der Waals surface area contributed by atoms with E-state index < -0.39 is 0 Å². The Bertz CT molecular complexity index is 907. The maximum absolute atomic E-state index is 12.3. The average Bonchev–Trinajstić information content (AvgIpc) is 3.07. The predicted octanol–water partition coefficient (Wildman–Crippen LogP) is 3.50. The third-order valence-corrected chi connectivity index (χ3v) is 5.04. The van der Waals surface area contributed by atoms with Crippen LogP contribution in [0.5, 0.6) is 0 Å². The number of benzene rings is 1. The Labute approximate surface area is 144 Å². The second kappa shape index (κ2) is 5.87. The van der Waals surface area contributed by atoms with E-state index in [1.165, 1.54) is 0 Å². The molecule has 3 aromatic rings. The standard InChI is InChI=1S/C18H18N4OS/c1-11-3-4-13(18(23)21-15-5-6-15)7-16(11)14-8-20-22(10-14)17-9-19-12(2)24-17/h3-4,7-10,15H,5-6H2,1-2H3,(H,21,23). The van der Waals surface area contributed by atoms with Crippen molar-refractivity contribution in [1.29, 1.82) is 0 Å². The van der Waals surface area contributed by atoms with Gasteiger partial charge in [0.15, 0.2) is 0 Å². The molecule has 0 unspecified atom stereocenters. The quantitative estimate of drug-likeness (QED) is 0.792. The van der Waals surface area contributed by atoms with E-state index in [-0.39, 0.29) is 5.91 Å². The topological polar surface area (TPSA) is 59.8 Å². The lowest BCUT2D eigenvalue weighted by molar-refractivity contribution is 0.0951. The van der Waals surface area contributed by atoms with E-state index in [0.29, 0.717) is 11.6 Å². The Kier molecular flexibility index (Phi) is 3.69. The number of nitrogens with one attached hydrogen (secondary N) is 1. The van der Waals surface area contributed by atoms with Gasteiger partial charge in [-0.15, -0.1) is 0 Å². The monoisotopic (exact) mass is 338 g/mol. The summed E-state index contributed by atoms with van der Waals surface area (Å²) >= 11 is 1.60. The van der Waals surface area contributed by atoms with Crippen LogP contribution < -0.4 is 5.32 Å². The molecule has 6 heteroatoms. The number of hydrogen-bond acceptors (Lipinski definition) is 4. The van der Waals surface area contributed by atoms with Gasteiger partial charge in [0.2, 0.25) is 0 Å². The van der Waals surface area contributed by atoms with Gasteiger partial charge < -0.3 is 5.32 Å². The zero-order chi connectivity index (χ0) is 16.7. The summed E-state index contributed by atoms with van der Waals surface area (Å²) in [5.74, 6) is 0.00391. The molecule has 5 nitrogen and oxygen atoms in total. The van der Waals surface area contributed by atoms with Crippen LogP contribution in [-0.2, 0) is 0 Å². The first-order valence-electron chi connectivity index (χ1n) is 7.99. The molecule has 0 spiro atoms. The van der Waals surface area contributed by atoms with Crippen molar-refractivity contribution in [2.24, 2.45) is 0 Å². The van der Waals surface area contributed by atoms with E-state index in [4.69, 9.17) is 0 Å². The summed E-state index contributed by atoms with van der Waals surface area (Å²) in [6.07, 6.45) is 7.82. The molecule has 2 aromatic heterocycles. The zero-order valence-corrected chi connectivity index (χ0v) is 14.4. The second-order valence-electron chi connectivity index (χ2n) is 6.17. The van der Waals surface area contributed by atoms with Gasteiger partial charge in [0.1, 0.15) is 5.00 Å². The summed E-state index contributed by atoms with van der Waals surface area (Å²) in [6, 6.07) is 6.19. The van der Waals surface area contributed by atoms with Gasteiger partial charge in [-0.2, -0.15) is 5.10 Å². The molecule has 0 aliphatic heterocycles. The van der Waals surface area contributed by atoms with Crippen LogP contribution in [0.25, 0.3) is 16.1 Å². The van der Waals surface area contributed by atoms with Crippen LogP contribution in [-0.4, -0.2) is 26.7 Å². The summed E-state index contributed by atoms with van der Waals surface area (Å²) in [4.78, 5) is 16.5. The van der Waals surface area contributed by atoms with E-state index in [2.05, 4.69) is 15.4 Å². The number of carbonyl (C=O) groups excluding carboxylic acids is 1. The first-order valence-corrected chi connectivity index (χ1v) is 8.81. The number of amides is 1. The third-order valence-electron chi connectivity index (χ3n) is 4.14. The number of rotatable bonds is 4. The smallest absolute Gasteiger partial charge is 0.251 e. The highest BCUT2D eigenvalue weighted by Gasteiger charge is 2.24. The molecule has 2 heterocycles. The number of hydrogen-bond donors (Lipinski definition) is 1. The van der Waals surface area contributed by atoms with E-state index >= 15 is 0 Å². The summed E-state index contributed by atoms with van der Waals surface area (Å²) < 4.78 is 1.83. The third kappa shape index (κ3) is 2.97. The molecule has 1 aliphatic rings. The zero-order valence-electron chi connectivity index (χ0n) is 13.6. The molecule has 1 fully saturated rings. The van der Waals surface area contributed by atoms with Crippen molar-refractivity contribution in [2.45, 2.75) is 32.7 Å². The van der Waals surface area contributed by atoms with E-state index in [1.54, 1.807) is 11.3 Å². The molecule has 0 saturated heterocycles. The lowest BCUT2D eigenvalue weighted by Gasteiger charge is -2.08. The van der Waals surface area contributed by atoms with Gasteiger partial charge in [-0.1, -0.05) is 17.4 Å². The molecule has 122 valence electrons. The van der Waals surface area contributed by atoms with Crippen molar-refractivity contribution in [2.75, 3.05) is 0 Å². The van der Waals surface area contributed by atoms with Gasteiger partial charge in [0, 0.05) is 23.4 Å². The molecule has 4 rings (SSSR count). The largest absolute Gasteiger partial charge is 0.349 e. The molecule has 1 aliphatic carbocycles. The van der Waals surface area contributed by atoms with Gasteiger partial charge in [-0.3, -0.25) is 4.79 Å². The minimum Gasteiger partial charge on any atom is -0.349 e. The lowest BCUT2D eigenvalue weighted by Crippen LogP contribution is -2.25. The highest BCUT2D eigenvalue weighted by molar-refractivity contribution is 7.14. The molecule has 1 aromatic carbocycles. The fraction of sp³-hybridized carbons (Fsp3) is 0.278. The van der Waals surface area contributed by atoms with Gasteiger partial charge in [0.25, 0.3) is 5.91 Å². The molecule has 1 saturated carbocycles. The molecule has 0 bridgehead atoms. The molecule has 1 N–H and O–H groups in total. The van der Waals surface area contributed by atoms with Crippen molar-refractivity contribution < 1.29 is 4.79 Å². The highest BCUT2D eigenvalue weighted by atomic mass is 32.1. The van der Waals surface area contributed by atoms with Crippen LogP contribution in [0.3, 0.4) is 0 Å². The van der Waals surface area contributed by atoms with Crippen molar-refractivity contribution in [3.8, 4) is 16.1 Å². The van der Waals surface area contributed by atoms with Gasteiger partial charge in [-0.25, -0.2) is 9.67 Å². The molecule has 24 heavy (non-hydrogen) atoms. The van der Waals surface area contributed by atoms with Crippen LogP contribution in [0.4, 0.5) is 0 Å². The molecular formula is C18H18N4OS. The maximum Gasteiger partial charge on any atom is 0.251 e. The molecular weight excluding hydrogens is 320 g/mol. The first kappa shape index (κ1) is 15.1. The van der Waals surface area contributed by atoms with Crippen molar-refractivity contribution >= 4 is 17.2 Å². The summed E-state index contributed by atoms with van der Waals surface area (Å²) in [6.45, 7) is 4.02. The van der Waals surface area contributed by atoms with Crippen LogP contribution in [0.2, 0.25) is 0 Å². The Morgan fingerprint density at radius 2 is 2.12 bits per heavy atom. The predicted molar refractivity (Wildman–Crippen MR) is 94.6 cm³/mol. The summed E-state index contributed by atoms with van der Waals surface area (Å²) in [5, 5.41) is 9.47. The number of aryl methyl sites for hydroxylation is 2. The van der Waals surface area contributed by atoms with Gasteiger partial charge in [0.05, 0.1) is 17.4 Å². The van der Waals surface area contributed by atoms with Crippen LogP contribution >= 0.6 is 11.3 Å². The normalized spacial score (nSPS) is 13.9. The average molecular weight is 338 g/mol. The summed E-state index contributed by atoms with van der Waals surface area (Å²) in [5.41, 5.74) is 3.85. The van der Waals surface area contributed by atoms with E-state index in [1.807, 2.05) is 55.3 Å². The Morgan fingerprint density at radius 3 is 2.83 bits per heavy atom. The van der Waals surface area contributed by atoms with E-state index in [0.717, 1.165) is 39.5 Å². The Hall–Kier alpha value is -2.47. The molecule has 0 atom stereocenters. The van der Waals surface area contributed by atoms with Gasteiger partial charge >= 0.3 is 0 Å². The first-order chi connectivity index (χ1) is 11.6. The fourth-order valence-corrected chi connectivity index (χ4v) is 3.32. The molecule has 1 amide bonds. The summed E-state index contributed by atoms with van der Waals surface area (Å²) in [7, 11) is 0. The van der Waals surface area contributed by atoms with Crippen LogP contribution in [0.1, 0.15) is 33.8 Å². The number of thiazole rings is 1. The second-order valence-corrected chi connectivity index (χ2v) is 7.38. The van der Waals surface area contributed by atoms with Crippen LogP contribution in [0.15, 0.2) is 36.8 Å². The number of carbonyl (C=O) groups is 1. The number of nitrogens with zero attached hydrogens (tertiary/aromatic N) is 3. The van der Waals surface area contributed by atoms with Crippen molar-refractivity contribution in [3.05, 3.63) is 52.9 Å². The lowest BCUT2D eigenvalue weighted by atomic mass is 10.0. The van der Waals surface area contributed by atoms with Crippen LogP contribution in [0, 0.1) is 13.8 Å². The van der Waals surface area contributed by atoms with Crippen molar-refractivity contribution in [3.63, 3.8) is 0 Å². The van der Waals surface area contributed by atoms with E-state index in [9.17, 15) is 4.79 Å². The number of aromatic nitrogens is 3. The minimum absolute atomic E-state index is 0.00391. The van der Waals surface area contributed by atoms with Crippen molar-refractivity contribution in [1.82, 2.24) is 20.1 Å².